The first-order chi connectivity index (χ1) is 11.0. The van der Waals surface area contributed by atoms with Crippen LogP contribution in [0.25, 0.3) is 0 Å². The Kier molecular flexibility index (Phi) is 5.25. The average molecular weight is 316 g/mol. The molecule has 0 radical (unpaired) electrons. The zero-order chi connectivity index (χ0) is 16.8. The molecule has 1 heterocycles. The third-order valence-corrected chi connectivity index (χ3v) is 3.45. The molecule has 7 nitrogen and oxygen atoms in total. The third-order valence-electron chi connectivity index (χ3n) is 3.45. The number of nitrogens with one attached hydrogen (secondary N) is 1. The Morgan fingerprint density at radius 3 is 2.91 bits per heavy atom. The monoisotopic (exact) mass is 316 g/mol. The highest BCUT2D eigenvalue weighted by molar-refractivity contribution is 6.20. The Hall–Kier alpha value is -2.95. The van der Waals surface area contributed by atoms with Crippen LogP contribution >= 0.6 is 0 Å². The first kappa shape index (κ1) is 16.4. The number of hydrogen-bond acceptors (Lipinski definition) is 5. The molecule has 1 fully saturated rings. The Balaban J connectivity index is 2.18. The molecule has 1 unspecified atom stereocenters. The number of hydrogen-bond donors (Lipinski definition) is 3. The van der Waals surface area contributed by atoms with Gasteiger partial charge in [0, 0.05) is 24.5 Å². The zero-order valence-corrected chi connectivity index (χ0v) is 12.4. The summed E-state index contributed by atoms with van der Waals surface area (Å²) in [6, 6.07) is 4.58. The van der Waals surface area contributed by atoms with E-state index in [1.807, 2.05) is 0 Å². The highest BCUT2D eigenvalue weighted by Crippen LogP contribution is 2.33. The number of nitrogens with two attached hydrogens (primary N) is 2. The Morgan fingerprint density at radius 1 is 1.61 bits per heavy atom. The molecular formula is C15H17FN6O. The molecule has 0 aromatic carbocycles. The van der Waals surface area contributed by atoms with E-state index in [4.69, 9.17) is 16.7 Å². The van der Waals surface area contributed by atoms with Gasteiger partial charge in [-0.15, -0.1) is 0 Å². The Bertz CT molecular complexity index is 689. The number of carbonyl (C=O) groups excluding carboxylic acids is 1. The van der Waals surface area contributed by atoms with E-state index >= 15 is 0 Å². The van der Waals surface area contributed by atoms with Gasteiger partial charge in [-0.3, -0.25) is 4.79 Å². The minimum absolute atomic E-state index is 0.0224. The second-order valence-electron chi connectivity index (χ2n) is 5.23. The van der Waals surface area contributed by atoms with E-state index in [0.717, 1.165) is 18.9 Å². The number of amides is 1. The van der Waals surface area contributed by atoms with Gasteiger partial charge in [0.15, 0.2) is 0 Å². The smallest absolute Gasteiger partial charge is 0.253 e. The van der Waals surface area contributed by atoms with Gasteiger partial charge >= 0.3 is 0 Å². The van der Waals surface area contributed by atoms with Gasteiger partial charge in [-0.2, -0.15) is 9.65 Å². The summed E-state index contributed by atoms with van der Waals surface area (Å²) in [5.41, 5.74) is 11.3. The molecule has 0 aliphatic heterocycles. The molecule has 2 rings (SSSR count). The number of aliphatic imine (C=N–C) groups is 1. The summed E-state index contributed by atoms with van der Waals surface area (Å²) in [6.45, 7) is 0. The summed E-state index contributed by atoms with van der Waals surface area (Å²) >= 11 is 0. The van der Waals surface area contributed by atoms with Crippen LogP contribution in [0.2, 0.25) is 0 Å². The van der Waals surface area contributed by atoms with Crippen molar-refractivity contribution in [2.24, 2.45) is 22.4 Å². The average Bonchev–Trinajstić information content (AvgIpc) is 3.30. The van der Waals surface area contributed by atoms with Crippen LogP contribution in [0.4, 0.5) is 10.1 Å². The fourth-order valence-corrected chi connectivity index (χ4v) is 2.08. The maximum Gasteiger partial charge on any atom is 0.253 e. The normalized spacial score (nSPS) is 16.5. The molecule has 0 bridgehead atoms. The van der Waals surface area contributed by atoms with Gasteiger partial charge in [0.2, 0.25) is 5.95 Å². The molecule has 8 heteroatoms. The van der Waals surface area contributed by atoms with Crippen molar-refractivity contribution >= 4 is 17.4 Å². The van der Waals surface area contributed by atoms with Crippen LogP contribution in [0.3, 0.4) is 0 Å². The summed E-state index contributed by atoms with van der Waals surface area (Å²) in [6.07, 6.45) is 5.01. The number of nitrogens with zero attached hydrogens (tertiary/aromatic N) is 3. The Morgan fingerprint density at radius 2 is 2.35 bits per heavy atom. The predicted molar refractivity (Wildman–Crippen MR) is 82.6 cm³/mol. The number of carbonyl (C=O) groups is 1. The van der Waals surface area contributed by atoms with Gasteiger partial charge in [-0.05, 0) is 24.8 Å². The number of pyridine rings is 1. The Labute approximate surface area is 132 Å². The molecule has 5 N–H and O–H groups in total. The molecule has 120 valence electrons. The maximum absolute atomic E-state index is 13.0. The summed E-state index contributed by atoms with van der Waals surface area (Å²) in [7, 11) is 0. The topological polar surface area (TPSA) is 130 Å². The molecule has 1 aromatic heterocycles. The van der Waals surface area contributed by atoms with Crippen LogP contribution in [0.15, 0.2) is 35.1 Å². The molecule has 1 amide bonds. The van der Waals surface area contributed by atoms with E-state index in [0.29, 0.717) is 12.3 Å². The van der Waals surface area contributed by atoms with Gasteiger partial charge in [0.25, 0.3) is 5.91 Å². The zero-order valence-electron chi connectivity index (χ0n) is 12.4. The molecule has 1 aliphatic carbocycles. The lowest BCUT2D eigenvalue weighted by molar-refractivity contribution is -0.114. The molecule has 1 aliphatic rings. The number of rotatable bonds is 7. The van der Waals surface area contributed by atoms with E-state index in [1.165, 1.54) is 18.5 Å². The van der Waals surface area contributed by atoms with Gasteiger partial charge in [-0.1, -0.05) is 0 Å². The van der Waals surface area contributed by atoms with Crippen molar-refractivity contribution < 1.29 is 9.18 Å². The molecule has 0 saturated heterocycles. The highest BCUT2D eigenvalue weighted by Gasteiger charge is 2.30. The fourth-order valence-electron chi connectivity index (χ4n) is 2.08. The highest BCUT2D eigenvalue weighted by atomic mass is 19.1. The number of primary amides is 1. The van der Waals surface area contributed by atoms with Gasteiger partial charge in [0.05, 0.1) is 23.8 Å². The second-order valence-corrected chi connectivity index (χ2v) is 5.23. The number of aromatic nitrogens is 1. The third kappa shape index (κ3) is 4.78. The minimum Gasteiger partial charge on any atom is -0.386 e. The van der Waals surface area contributed by atoms with E-state index in [9.17, 15) is 9.18 Å². The summed E-state index contributed by atoms with van der Waals surface area (Å²) < 4.78 is 13.0. The van der Waals surface area contributed by atoms with Crippen molar-refractivity contribution in [3.8, 4) is 6.07 Å². The van der Waals surface area contributed by atoms with Crippen molar-refractivity contribution in [1.82, 2.24) is 10.3 Å². The van der Waals surface area contributed by atoms with Crippen molar-refractivity contribution in [3.05, 3.63) is 36.1 Å². The molecule has 1 saturated carbocycles. The van der Waals surface area contributed by atoms with Crippen LogP contribution in [0, 0.1) is 23.2 Å². The van der Waals surface area contributed by atoms with Gasteiger partial charge in [0.1, 0.15) is 5.84 Å². The van der Waals surface area contributed by atoms with Crippen molar-refractivity contribution in [2.45, 2.75) is 25.3 Å². The van der Waals surface area contributed by atoms with E-state index < -0.39 is 11.9 Å². The lowest BCUT2D eigenvalue weighted by Gasteiger charge is -2.14. The van der Waals surface area contributed by atoms with Crippen LogP contribution in [-0.2, 0) is 4.79 Å². The lowest BCUT2D eigenvalue weighted by Crippen LogP contribution is -2.32. The van der Waals surface area contributed by atoms with E-state index in [2.05, 4.69) is 21.4 Å². The van der Waals surface area contributed by atoms with Gasteiger partial charge < -0.3 is 16.8 Å². The van der Waals surface area contributed by atoms with Crippen LogP contribution in [0.1, 0.15) is 19.3 Å². The van der Waals surface area contributed by atoms with Crippen LogP contribution < -0.4 is 16.8 Å². The number of amidine groups is 1. The number of halogens is 1. The summed E-state index contributed by atoms with van der Waals surface area (Å²) in [4.78, 5) is 18.9. The lowest BCUT2D eigenvalue weighted by atomic mass is 10.1. The summed E-state index contributed by atoms with van der Waals surface area (Å²) in [5.74, 6) is -1.20. The summed E-state index contributed by atoms with van der Waals surface area (Å²) in [5, 5.41) is 11.8. The first-order valence-corrected chi connectivity index (χ1v) is 7.10. The van der Waals surface area contributed by atoms with Crippen molar-refractivity contribution in [2.75, 3.05) is 0 Å². The van der Waals surface area contributed by atoms with Crippen molar-refractivity contribution in [3.63, 3.8) is 0 Å². The second kappa shape index (κ2) is 7.35. The molecular weight excluding hydrogens is 299 g/mol. The van der Waals surface area contributed by atoms with Crippen molar-refractivity contribution in [1.29, 1.82) is 5.26 Å². The van der Waals surface area contributed by atoms with Gasteiger partial charge in [-0.25, -0.2) is 9.98 Å². The first-order valence-electron chi connectivity index (χ1n) is 7.10. The van der Waals surface area contributed by atoms with Crippen LogP contribution in [-0.4, -0.2) is 22.8 Å². The standard InChI is InChI=1S/C15H17FN6O/c16-13-7-10(4-6-20-13)22-14(18)11(15(19)23)8-21-12(3-5-17)9-1-2-9/h4,6-9,12,21H,1-3H2,(H2,19,23)(H2,18,20,22)/b11-8+. The molecule has 1 aromatic rings. The van der Waals surface area contributed by atoms with Crippen LogP contribution in [0.5, 0.6) is 0 Å². The van der Waals surface area contributed by atoms with E-state index in [-0.39, 0.29) is 23.1 Å². The SMILES string of the molecule is N#CCC(N/C=C(/C(N)=O)C(N)=Nc1ccnc(F)c1)C1CC1. The van der Waals surface area contributed by atoms with E-state index in [1.54, 1.807) is 0 Å². The number of nitriles is 1. The quantitative estimate of drug-likeness (QED) is 0.297. The fraction of sp³-hybridized carbons (Fsp3) is 0.333. The maximum atomic E-state index is 13.0. The minimum atomic E-state index is -0.764. The molecule has 1 atom stereocenters. The molecule has 0 spiro atoms. The molecule has 23 heavy (non-hydrogen) atoms. The predicted octanol–water partition coefficient (Wildman–Crippen LogP) is 0.860. The largest absolute Gasteiger partial charge is 0.386 e.